The van der Waals surface area contributed by atoms with E-state index < -0.39 is 31.6 Å². The molecule has 1 unspecified atom stereocenters. The summed E-state index contributed by atoms with van der Waals surface area (Å²) in [4.78, 5) is 36.5. The Labute approximate surface area is 191 Å². The summed E-state index contributed by atoms with van der Waals surface area (Å²) in [5.41, 5.74) is 0.216. The van der Waals surface area contributed by atoms with Gasteiger partial charge >= 0.3 is 12.6 Å². The Kier molecular flexibility index (Phi) is 6.86. The molecule has 4 fully saturated rings. The second-order valence-corrected chi connectivity index (χ2v) is 9.82. The molecular formula is C24H30F2N2O5. The summed E-state index contributed by atoms with van der Waals surface area (Å²) >= 11 is 0. The van der Waals surface area contributed by atoms with Gasteiger partial charge < -0.3 is 20.1 Å². The van der Waals surface area contributed by atoms with E-state index in [-0.39, 0.29) is 28.7 Å². The highest BCUT2D eigenvalue weighted by atomic mass is 19.3. The number of alkyl halides is 2. The summed E-state index contributed by atoms with van der Waals surface area (Å²) in [7, 11) is 0. The molecule has 0 aliphatic heterocycles. The second kappa shape index (κ2) is 9.65. The smallest absolute Gasteiger partial charge is 0.387 e. The average molecular weight is 465 g/mol. The molecular weight excluding hydrogens is 434 g/mol. The zero-order valence-corrected chi connectivity index (χ0v) is 18.7. The van der Waals surface area contributed by atoms with Gasteiger partial charge in [0.15, 0.2) is 6.61 Å². The fourth-order valence-electron chi connectivity index (χ4n) is 6.41. The van der Waals surface area contributed by atoms with Crippen LogP contribution in [0.2, 0.25) is 0 Å². The lowest BCUT2D eigenvalue weighted by atomic mass is 9.48. The van der Waals surface area contributed by atoms with E-state index in [2.05, 4.69) is 22.3 Å². The Hall–Kier alpha value is -2.71. The van der Waals surface area contributed by atoms with Crippen molar-refractivity contribution >= 4 is 17.8 Å². The van der Waals surface area contributed by atoms with Gasteiger partial charge in [-0.25, -0.2) is 0 Å². The molecule has 4 aliphatic carbocycles. The van der Waals surface area contributed by atoms with Crippen LogP contribution in [0.3, 0.4) is 0 Å². The van der Waals surface area contributed by atoms with Crippen LogP contribution >= 0.6 is 0 Å². The van der Waals surface area contributed by atoms with Crippen LogP contribution in [0, 0.1) is 23.2 Å². The maximum absolute atomic E-state index is 12.4. The molecule has 4 saturated carbocycles. The van der Waals surface area contributed by atoms with E-state index in [4.69, 9.17) is 4.74 Å². The fraction of sp³-hybridized carbons (Fsp3) is 0.625. The first kappa shape index (κ1) is 23.4. The number of rotatable bonds is 9. The van der Waals surface area contributed by atoms with Gasteiger partial charge in [0.05, 0.1) is 0 Å². The number of carbonyl (C=O) groups excluding carboxylic acids is 3. The van der Waals surface area contributed by atoms with E-state index in [0.717, 1.165) is 43.1 Å². The van der Waals surface area contributed by atoms with Crippen LogP contribution in [-0.2, 0) is 14.3 Å². The molecule has 0 saturated heterocycles. The molecule has 1 atom stereocenters. The monoisotopic (exact) mass is 464 g/mol. The molecule has 4 bridgehead atoms. The van der Waals surface area contributed by atoms with Crippen molar-refractivity contribution in [1.29, 1.82) is 0 Å². The molecule has 180 valence electrons. The largest absolute Gasteiger partial charge is 0.454 e. The van der Waals surface area contributed by atoms with Crippen LogP contribution < -0.4 is 15.4 Å². The molecule has 0 spiro atoms. The number of ether oxygens (including phenoxy) is 2. The first-order chi connectivity index (χ1) is 15.7. The predicted molar refractivity (Wildman–Crippen MR) is 115 cm³/mol. The summed E-state index contributed by atoms with van der Waals surface area (Å²) in [6, 6.07) is 5.25. The SMILES string of the molecule is CC(NC(=O)COC(=O)CNC(=O)c1cccc(OC(F)F)c1)C12CC3CC(CC(C3)C1)C2. The number of benzene rings is 1. The number of carbonyl (C=O) groups is 3. The summed E-state index contributed by atoms with van der Waals surface area (Å²) in [5.74, 6) is 0.409. The zero-order chi connectivity index (χ0) is 23.6. The highest BCUT2D eigenvalue weighted by Gasteiger charge is 2.53. The highest BCUT2D eigenvalue weighted by molar-refractivity contribution is 5.96. The van der Waals surface area contributed by atoms with Gasteiger partial charge in [0.25, 0.3) is 11.8 Å². The van der Waals surface area contributed by atoms with E-state index >= 15 is 0 Å². The molecule has 1 aromatic carbocycles. The molecule has 1 aromatic rings. The molecule has 0 heterocycles. The van der Waals surface area contributed by atoms with Crippen molar-refractivity contribution in [3.63, 3.8) is 0 Å². The maximum Gasteiger partial charge on any atom is 0.387 e. The van der Waals surface area contributed by atoms with Crippen LogP contribution in [0.4, 0.5) is 8.78 Å². The summed E-state index contributed by atoms with van der Waals surface area (Å²) in [6.45, 7) is -1.81. The van der Waals surface area contributed by atoms with Crippen molar-refractivity contribution in [2.75, 3.05) is 13.2 Å². The Morgan fingerprint density at radius 1 is 1.09 bits per heavy atom. The minimum absolute atomic E-state index is 0.0274. The van der Waals surface area contributed by atoms with Crippen molar-refractivity contribution < 1.29 is 32.6 Å². The van der Waals surface area contributed by atoms with Crippen LogP contribution in [0.1, 0.15) is 55.8 Å². The molecule has 9 heteroatoms. The van der Waals surface area contributed by atoms with Gasteiger partial charge in [0.1, 0.15) is 12.3 Å². The normalized spacial score (nSPS) is 28.3. The number of amides is 2. The van der Waals surface area contributed by atoms with Crippen molar-refractivity contribution in [2.45, 2.75) is 58.1 Å². The molecule has 0 radical (unpaired) electrons. The van der Waals surface area contributed by atoms with Gasteiger partial charge in [-0.1, -0.05) is 6.07 Å². The second-order valence-electron chi connectivity index (χ2n) is 9.82. The van der Waals surface area contributed by atoms with Crippen LogP contribution in [-0.4, -0.2) is 43.6 Å². The third kappa shape index (κ3) is 5.62. The molecule has 33 heavy (non-hydrogen) atoms. The quantitative estimate of drug-likeness (QED) is 0.547. The van der Waals surface area contributed by atoms with Gasteiger partial charge in [-0.05, 0) is 86.8 Å². The average Bonchev–Trinajstić information content (AvgIpc) is 2.74. The Bertz CT molecular complexity index is 871. The van der Waals surface area contributed by atoms with Crippen molar-refractivity contribution in [3.05, 3.63) is 29.8 Å². The number of hydrogen-bond acceptors (Lipinski definition) is 5. The maximum atomic E-state index is 12.4. The van der Waals surface area contributed by atoms with Crippen LogP contribution in [0.15, 0.2) is 24.3 Å². The number of hydrogen-bond donors (Lipinski definition) is 2. The van der Waals surface area contributed by atoms with E-state index in [1.807, 2.05) is 0 Å². The molecule has 7 nitrogen and oxygen atoms in total. The fourth-order valence-corrected chi connectivity index (χ4v) is 6.41. The summed E-state index contributed by atoms with van der Waals surface area (Å²) < 4.78 is 33.9. The standard InChI is InChI=1S/C24H30F2N2O5/c1-14(24-9-15-5-16(10-24)7-17(6-15)11-24)28-20(29)13-32-21(30)12-27-22(31)18-3-2-4-19(8-18)33-23(25)26/h2-4,8,14-17,23H,5-7,9-13H2,1H3,(H,27,31)(H,28,29). The first-order valence-electron chi connectivity index (χ1n) is 11.5. The number of halogens is 2. The summed E-state index contributed by atoms with van der Waals surface area (Å²) in [6.07, 6.45) is 7.47. The third-order valence-corrected chi connectivity index (χ3v) is 7.46. The van der Waals surface area contributed by atoms with Crippen molar-refractivity contribution in [2.24, 2.45) is 23.2 Å². The van der Waals surface area contributed by atoms with Gasteiger partial charge in [-0.3, -0.25) is 14.4 Å². The molecule has 0 aromatic heterocycles. The lowest BCUT2D eigenvalue weighted by Crippen LogP contribution is -2.56. The van der Waals surface area contributed by atoms with E-state index in [0.29, 0.717) is 0 Å². The van der Waals surface area contributed by atoms with Crippen LogP contribution in [0.5, 0.6) is 5.75 Å². The number of esters is 1. The van der Waals surface area contributed by atoms with Crippen molar-refractivity contribution in [1.82, 2.24) is 10.6 Å². The molecule has 2 N–H and O–H groups in total. The lowest BCUT2D eigenvalue weighted by Gasteiger charge is -2.59. The Morgan fingerprint density at radius 2 is 1.73 bits per heavy atom. The van der Waals surface area contributed by atoms with E-state index in [1.165, 1.54) is 37.5 Å². The van der Waals surface area contributed by atoms with E-state index in [9.17, 15) is 23.2 Å². The van der Waals surface area contributed by atoms with Crippen LogP contribution in [0.25, 0.3) is 0 Å². The van der Waals surface area contributed by atoms with Crippen molar-refractivity contribution in [3.8, 4) is 5.75 Å². The van der Waals surface area contributed by atoms with Gasteiger partial charge in [0, 0.05) is 11.6 Å². The first-order valence-corrected chi connectivity index (χ1v) is 11.5. The lowest BCUT2D eigenvalue weighted by molar-refractivity contribution is -0.148. The van der Waals surface area contributed by atoms with Gasteiger partial charge in [-0.2, -0.15) is 8.78 Å². The highest BCUT2D eigenvalue weighted by Crippen LogP contribution is 2.61. The molecule has 2 amide bonds. The minimum Gasteiger partial charge on any atom is -0.454 e. The van der Waals surface area contributed by atoms with Gasteiger partial charge in [0.2, 0.25) is 0 Å². The predicted octanol–water partition coefficient (Wildman–Crippen LogP) is 3.28. The topological polar surface area (TPSA) is 93.7 Å². The molecule has 4 aliphatic rings. The third-order valence-electron chi connectivity index (χ3n) is 7.46. The Balaban J connectivity index is 1.19. The zero-order valence-electron chi connectivity index (χ0n) is 18.7. The Morgan fingerprint density at radius 3 is 2.33 bits per heavy atom. The minimum atomic E-state index is -3.00. The summed E-state index contributed by atoms with van der Waals surface area (Å²) in [5, 5.41) is 5.37. The van der Waals surface area contributed by atoms with E-state index in [1.54, 1.807) is 0 Å². The molecule has 5 rings (SSSR count). The van der Waals surface area contributed by atoms with Gasteiger partial charge in [-0.15, -0.1) is 0 Å². The number of nitrogens with one attached hydrogen (secondary N) is 2.